The molecule has 0 spiro atoms. The van der Waals surface area contributed by atoms with Crippen molar-refractivity contribution in [3.05, 3.63) is 0 Å². The monoisotopic (exact) mass is 227 g/mol. The minimum absolute atomic E-state index is 0.00134. The fourth-order valence-electron chi connectivity index (χ4n) is 1.89. The molecule has 4 nitrogen and oxygen atoms in total. The highest BCUT2D eigenvalue weighted by Gasteiger charge is 2.44. The molecule has 0 atom stereocenters. The maximum absolute atomic E-state index is 11.7. The molecule has 1 rings (SSSR count). The van der Waals surface area contributed by atoms with Crippen LogP contribution >= 0.6 is 0 Å². The smallest absolute Gasteiger partial charge is 0.410 e. The van der Waals surface area contributed by atoms with Gasteiger partial charge in [-0.3, -0.25) is 0 Å². The number of carbonyl (C=O) groups is 2. The average molecular weight is 227 g/mol. The first-order valence-corrected chi connectivity index (χ1v) is 5.73. The molecule has 16 heavy (non-hydrogen) atoms. The van der Waals surface area contributed by atoms with Crippen LogP contribution in [0.15, 0.2) is 0 Å². The second-order valence-electron chi connectivity index (χ2n) is 5.56. The van der Waals surface area contributed by atoms with Gasteiger partial charge < -0.3 is 14.4 Å². The van der Waals surface area contributed by atoms with E-state index in [1.54, 1.807) is 4.90 Å². The van der Waals surface area contributed by atoms with Crippen LogP contribution in [0.25, 0.3) is 0 Å². The first-order valence-electron chi connectivity index (χ1n) is 5.73. The van der Waals surface area contributed by atoms with Crippen LogP contribution in [0, 0.1) is 5.41 Å². The van der Waals surface area contributed by atoms with Gasteiger partial charge in [-0.05, 0) is 27.2 Å². The second-order valence-corrected chi connectivity index (χ2v) is 5.56. The van der Waals surface area contributed by atoms with Crippen molar-refractivity contribution in [2.45, 2.75) is 46.1 Å². The van der Waals surface area contributed by atoms with E-state index in [2.05, 4.69) is 6.92 Å². The summed E-state index contributed by atoms with van der Waals surface area (Å²) in [4.78, 5) is 23.9. The van der Waals surface area contributed by atoms with Crippen molar-refractivity contribution in [3.8, 4) is 0 Å². The van der Waals surface area contributed by atoms with E-state index in [1.807, 2.05) is 20.8 Å². The van der Waals surface area contributed by atoms with Gasteiger partial charge in [-0.15, -0.1) is 0 Å². The number of nitrogens with zero attached hydrogens (tertiary/aromatic N) is 1. The van der Waals surface area contributed by atoms with E-state index in [-0.39, 0.29) is 11.5 Å². The normalized spacial score (nSPS) is 18.9. The van der Waals surface area contributed by atoms with Crippen LogP contribution < -0.4 is 0 Å². The van der Waals surface area contributed by atoms with Crippen molar-refractivity contribution in [1.29, 1.82) is 0 Å². The third-order valence-corrected chi connectivity index (χ3v) is 2.97. The Morgan fingerprint density at radius 2 is 2.00 bits per heavy atom. The maximum atomic E-state index is 11.7. The summed E-state index contributed by atoms with van der Waals surface area (Å²) in [7, 11) is 0. The van der Waals surface area contributed by atoms with E-state index >= 15 is 0 Å². The molecule has 1 fully saturated rings. The van der Waals surface area contributed by atoms with Gasteiger partial charge in [0.05, 0.1) is 0 Å². The molecule has 0 unspecified atom stereocenters. The molecule has 0 aromatic heterocycles. The quantitative estimate of drug-likeness (QED) is 0.694. The summed E-state index contributed by atoms with van der Waals surface area (Å²) < 4.78 is 5.26. The number of aldehydes is 1. The van der Waals surface area contributed by atoms with Gasteiger partial charge in [-0.2, -0.15) is 0 Å². The average Bonchev–Trinajstić information content (AvgIpc) is 2.07. The molecule has 0 radical (unpaired) electrons. The van der Waals surface area contributed by atoms with Gasteiger partial charge in [0, 0.05) is 24.9 Å². The Balaban J connectivity index is 2.45. The molecule has 4 heteroatoms. The fourth-order valence-corrected chi connectivity index (χ4v) is 1.89. The summed E-state index contributed by atoms with van der Waals surface area (Å²) in [6.07, 6.45) is 2.12. The number of amides is 1. The van der Waals surface area contributed by atoms with Gasteiger partial charge in [-0.1, -0.05) is 6.92 Å². The Labute approximate surface area is 96.9 Å². The zero-order chi connectivity index (χ0) is 12.4. The van der Waals surface area contributed by atoms with E-state index in [9.17, 15) is 9.59 Å². The summed E-state index contributed by atoms with van der Waals surface area (Å²) in [5.41, 5.74) is -0.454. The molecule has 1 aliphatic heterocycles. The lowest BCUT2D eigenvalue weighted by Crippen LogP contribution is -2.59. The van der Waals surface area contributed by atoms with E-state index < -0.39 is 5.60 Å². The Bertz CT molecular complexity index is 274. The molecule has 0 saturated carbocycles. The summed E-state index contributed by atoms with van der Waals surface area (Å²) in [6, 6.07) is 0. The lowest BCUT2D eigenvalue weighted by molar-refractivity contribution is -0.113. The lowest BCUT2D eigenvalue weighted by atomic mass is 9.75. The first kappa shape index (κ1) is 13.0. The number of likely N-dealkylation sites (tertiary alicyclic amines) is 1. The molecular weight excluding hydrogens is 206 g/mol. The Hall–Kier alpha value is -1.06. The van der Waals surface area contributed by atoms with Crippen LogP contribution in [0.4, 0.5) is 4.79 Å². The largest absolute Gasteiger partial charge is 0.444 e. The Kier molecular flexibility index (Phi) is 3.61. The zero-order valence-corrected chi connectivity index (χ0v) is 10.6. The predicted octanol–water partition coefficient (Wildman–Crippen LogP) is 2.22. The predicted molar refractivity (Wildman–Crippen MR) is 61.2 cm³/mol. The molecule has 0 aliphatic carbocycles. The number of ether oxygens (including phenoxy) is 1. The number of hydrogen-bond donors (Lipinski definition) is 0. The standard InChI is InChI=1S/C12H21NO3/c1-5-12(6-7-14)8-13(9-12)10(15)16-11(2,3)4/h7H,5-6,8-9H2,1-4H3. The molecule has 0 N–H and O–H groups in total. The third kappa shape index (κ3) is 2.97. The summed E-state index contributed by atoms with van der Waals surface area (Å²) in [5.74, 6) is 0. The molecule has 0 aromatic carbocycles. The SMILES string of the molecule is CCC1(CC=O)CN(C(=O)OC(C)(C)C)C1. The van der Waals surface area contributed by atoms with Crippen LogP contribution in [0.5, 0.6) is 0 Å². The van der Waals surface area contributed by atoms with Crippen molar-refractivity contribution in [2.75, 3.05) is 13.1 Å². The van der Waals surface area contributed by atoms with Crippen molar-refractivity contribution in [1.82, 2.24) is 4.90 Å². The van der Waals surface area contributed by atoms with E-state index in [0.717, 1.165) is 12.7 Å². The molecular formula is C12H21NO3. The van der Waals surface area contributed by atoms with Crippen LogP contribution in [-0.2, 0) is 9.53 Å². The second kappa shape index (κ2) is 4.44. The topological polar surface area (TPSA) is 46.6 Å². The van der Waals surface area contributed by atoms with Gasteiger partial charge in [0.1, 0.15) is 11.9 Å². The minimum Gasteiger partial charge on any atom is -0.444 e. The van der Waals surface area contributed by atoms with Gasteiger partial charge >= 0.3 is 6.09 Å². The van der Waals surface area contributed by atoms with Crippen molar-refractivity contribution in [3.63, 3.8) is 0 Å². The van der Waals surface area contributed by atoms with E-state index in [1.165, 1.54) is 0 Å². The van der Waals surface area contributed by atoms with Crippen LogP contribution in [0.3, 0.4) is 0 Å². The number of carbonyl (C=O) groups excluding carboxylic acids is 2. The molecule has 0 bridgehead atoms. The van der Waals surface area contributed by atoms with Crippen LogP contribution in [0.1, 0.15) is 40.5 Å². The van der Waals surface area contributed by atoms with Gasteiger partial charge in [0.2, 0.25) is 0 Å². The third-order valence-electron chi connectivity index (χ3n) is 2.97. The maximum Gasteiger partial charge on any atom is 0.410 e. The fraction of sp³-hybridized carbons (Fsp3) is 0.833. The summed E-state index contributed by atoms with van der Waals surface area (Å²) >= 11 is 0. The van der Waals surface area contributed by atoms with Gasteiger partial charge in [0.25, 0.3) is 0 Å². The van der Waals surface area contributed by atoms with Crippen LogP contribution in [0.2, 0.25) is 0 Å². The summed E-state index contributed by atoms with van der Waals surface area (Å²) in [5, 5.41) is 0. The zero-order valence-electron chi connectivity index (χ0n) is 10.6. The molecule has 0 aromatic rings. The molecule has 1 heterocycles. The van der Waals surface area contributed by atoms with Crippen molar-refractivity contribution < 1.29 is 14.3 Å². The van der Waals surface area contributed by atoms with Crippen LogP contribution in [-0.4, -0.2) is 36.0 Å². The van der Waals surface area contributed by atoms with Gasteiger partial charge in [0.15, 0.2) is 0 Å². The van der Waals surface area contributed by atoms with E-state index in [0.29, 0.717) is 19.5 Å². The number of rotatable bonds is 3. The number of hydrogen-bond acceptors (Lipinski definition) is 3. The highest BCUT2D eigenvalue weighted by molar-refractivity contribution is 5.70. The lowest BCUT2D eigenvalue weighted by Gasteiger charge is -2.49. The highest BCUT2D eigenvalue weighted by atomic mass is 16.6. The molecule has 1 amide bonds. The Morgan fingerprint density at radius 3 is 2.38 bits per heavy atom. The minimum atomic E-state index is -0.452. The van der Waals surface area contributed by atoms with Crippen molar-refractivity contribution in [2.24, 2.45) is 5.41 Å². The first-order chi connectivity index (χ1) is 7.32. The van der Waals surface area contributed by atoms with E-state index in [4.69, 9.17) is 4.74 Å². The van der Waals surface area contributed by atoms with Crippen molar-refractivity contribution >= 4 is 12.4 Å². The summed E-state index contributed by atoms with van der Waals surface area (Å²) in [6.45, 7) is 8.87. The molecule has 92 valence electrons. The molecule has 1 aliphatic rings. The molecule has 1 saturated heterocycles. The Morgan fingerprint density at radius 1 is 1.44 bits per heavy atom. The van der Waals surface area contributed by atoms with Gasteiger partial charge in [-0.25, -0.2) is 4.79 Å². The highest BCUT2D eigenvalue weighted by Crippen LogP contribution is 2.37.